The lowest BCUT2D eigenvalue weighted by Crippen LogP contribution is -2.14. The van der Waals surface area contributed by atoms with E-state index in [1.54, 1.807) is 47.5 Å². The molecule has 1 N–H and O–H groups in total. The van der Waals surface area contributed by atoms with Gasteiger partial charge < -0.3 is 19.5 Å². The number of benzene rings is 2. The molecule has 0 unspecified atom stereocenters. The van der Waals surface area contributed by atoms with E-state index >= 15 is 4.39 Å². The maximum absolute atomic E-state index is 15.1. The molecule has 0 saturated heterocycles. The SMILES string of the molecule is CCc1c(C(=O)Nc2ccc(Oc3ccnc4cc(OC)c(OC)cc34)c(F)c2)cnn1-c1cncnc1. The van der Waals surface area contributed by atoms with Gasteiger partial charge in [-0.25, -0.2) is 19.0 Å². The van der Waals surface area contributed by atoms with E-state index in [-0.39, 0.29) is 11.4 Å². The minimum Gasteiger partial charge on any atom is -0.493 e. The zero-order chi connectivity index (χ0) is 26.6. The molecule has 0 radical (unpaired) electrons. The molecular formula is C27H23FN6O4. The van der Waals surface area contributed by atoms with E-state index in [1.807, 2.05) is 6.92 Å². The van der Waals surface area contributed by atoms with Gasteiger partial charge in [-0.15, -0.1) is 0 Å². The van der Waals surface area contributed by atoms with Gasteiger partial charge in [0.1, 0.15) is 17.8 Å². The Hall–Kier alpha value is -5.06. The van der Waals surface area contributed by atoms with Gasteiger partial charge in [0.2, 0.25) is 0 Å². The lowest BCUT2D eigenvalue weighted by atomic mass is 10.1. The molecule has 10 nitrogen and oxygen atoms in total. The fourth-order valence-corrected chi connectivity index (χ4v) is 4.04. The molecule has 11 heteroatoms. The van der Waals surface area contributed by atoms with Gasteiger partial charge in [-0.05, 0) is 30.7 Å². The summed E-state index contributed by atoms with van der Waals surface area (Å²) in [6.45, 7) is 1.91. The molecule has 1 amide bonds. The molecule has 5 rings (SSSR count). The van der Waals surface area contributed by atoms with E-state index in [1.165, 1.54) is 38.9 Å². The van der Waals surface area contributed by atoms with Gasteiger partial charge in [-0.1, -0.05) is 6.92 Å². The normalized spacial score (nSPS) is 10.8. The molecule has 0 bridgehead atoms. The molecular weight excluding hydrogens is 491 g/mol. The van der Waals surface area contributed by atoms with Crippen LogP contribution in [0.2, 0.25) is 0 Å². The van der Waals surface area contributed by atoms with Crippen LogP contribution in [0.4, 0.5) is 10.1 Å². The summed E-state index contributed by atoms with van der Waals surface area (Å²) in [4.78, 5) is 25.3. The number of hydrogen-bond acceptors (Lipinski definition) is 8. The second-order valence-corrected chi connectivity index (χ2v) is 8.10. The highest BCUT2D eigenvalue weighted by Gasteiger charge is 2.19. The van der Waals surface area contributed by atoms with Crippen LogP contribution in [0, 0.1) is 5.82 Å². The van der Waals surface area contributed by atoms with Crippen molar-refractivity contribution in [3.8, 4) is 28.7 Å². The van der Waals surface area contributed by atoms with Gasteiger partial charge >= 0.3 is 0 Å². The molecule has 0 fully saturated rings. The number of nitrogens with one attached hydrogen (secondary N) is 1. The van der Waals surface area contributed by atoms with Crippen LogP contribution in [0.5, 0.6) is 23.0 Å². The Kier molecular flexibility index (Phi) is 6.81. The number of ether oxygens (including phenoxy) is 3. The van der Waals surface area contributed by atoms with Crippen molar-refractivity contribution >= 4 is 22.5 Å². The number of carbonyl (C=O) groups excluding carboxylic acids is 1. The third-order valence-electron chi connectivity index (χ3n) is 5.86. The summed E-state index contributed by atoms with van der Waals surface area (Å²) in [7, 11) is 3.06. The van der Waals surface area contributed by atoms with Gasteiger partial charge in [0.25, 0.3) is 5.91 Å². The van der Waals surface area contributed by atoms with Crippen molar-refractivity contribution in [2.45, 2.75) is 13.3 Å². The van der Waals surface area contributed by atoms with Crippen LogP contribution in [-0.4, -0.2) is 44.9 Å². The molecule has 192 valence electrons. The molecule has 38 heavy (non-hydrogen) atoms. The number of anilines is 1. The van der Waals surface area contributed by atoms with E-state index in [4.69, 9.17) is 14.2 Å². The highest BCUT2D eigenvalue weighted by atomic mass is 19.1. The Labute approximate surface area is 217 Å². The minimum absolute atomic E-state index is 0.0172. The van der Waals surface area contributed by atoms with Crippen LogP contribution < -0.4 is 19.5 Å². The average Bonchev–Trinajstić information content (AvgIpc) is 3.39. The Bertz CT molecular complexity index is 1620. The van der Waals surface area contributed by atoms with Gasteiger partial charge in [-0.3, -0.25) is 9.78 Å². The first-order valence-corrected chi connectivity index (χ1v) is 11.6. The van der Waals surface area contributed by atoms with Crippen LogP contribution >= 0.6 is 0 Å². The maximum Gasteiger partial charge on any atom is 0.259 e. The van der Waals surface area contributed by atoms with Crippen LogP contribution in [0.3, 0.4) is 0 Å². The number of fused-ring (bicyclic) bond motifs is 1. The highest BCUT2D eigenvalue weighted by Crippen LogP contribution is 2.37. The highest BCUT2D eigenvalue weighted by molar-refractivity contribution is 6.05. The first kappa shape index (κ1) is 24.6. The molecule has 3 aromatic heterocycles. The Morgan fingerprint density at radius 2 is 1.74 bits per heavy atom. The van der Waals surface area contributed by atoms with Gasteiger partial charge in [-0.2, -0.15) is 5.10 Å². The predicted molar refractivity (Wildman–Crippen MR) is 138 cm³/mol. The largest absolute Gasteiger partial charge is 0.493 e. The van der Waals surface area contributed by atoms with Gasteiger partial charge in [0.05, 0.1) is 49.6 Å². The zero-order valence-corrected chi connectivity index (χ0v) is 20.8. The summed E-state index contributed by atoms with van der Waals surface area (Å²) in [6.07, 6.45) is 8.19. The predicted octanol–water partition coefficient (Wildman–Crippen LogP) is 4.97. The van der Waals surface area contributed by atoms with Crippen molar-refractivity contribution in [1.29, 1.82) is 0 Å². The number of carbonyl (C=O) groups is 1. The van der Waals surface area contributed by atoms with Crippen molar-refractivity contribution in [3.63, 3.8) is 0 Å². The molecule has 0 saturated carbocycles. The fourth-order valence-electron chi connectivity index (χ4n) is 4.04. The van der Waals surface area contributed by atoms with Crippen LogP contribution in [0.1, 0.15) is 23.0 Å². The third kappa shape index (κ3) is 4.69. The fraction of sp³-hybridized carbons (Fsp3) is 0.148. The number of aromatic nitrogens is 5. The summed E-state index contributed by atoms with van der Waals surface area (Å²) >= 11 is 0. The maximum atomic E-state index is 15.1. The van der Waals surface area contributed by atoms with Crippen molar-refractivity contribution in [3.05, 3.63) is 84.6 Å². The lowest BCUT2D eigenvalue weighted by Gasteiger charge is -2.13. The third-order valence-corrected chi connectivity index (χ3v) is 5.86. The molecule has 0 aliphatic rings. The second kappa shape index (κ2) is 10.5. The number of methoxy groups -OCH3 is 2. The molecule has 5 aromatic rings. The van der Waals surface area contributed by atoms with Gasteiger partial charge in [0.15, 0.2) is 23.1 Å². The van der Waals surface area contributed by atoms with Crippen LogP contribution in [0.25, 0.3) is 16.6 Å². The summed E-state index contributed by atoms with van der Waals surface area (Å²) in [5, 5.41) is 7.65. The summed E-state index contributed by atoms with van der Waals surface area (Å²) in [5.74, 6) is 0.309. The van der Waals surface area contributed by atoms with E-state index in [2.05, 4.69) is 25.4 Å². The molecule has 2 aromatic carbocycles. The number of rotatable bonds is 8. The van der Waals surface area contributed by atoms with E-state index in [0.717, 1.165) is 0 Å². The number of hydrogen-bond donors (Lipinski definition) is 1. The summed E-state index contributed by atoms with van der Waals surface area (Å²) < 4.78 is 33.2. The molecule has 0 atom stereocenters. The number of pyridine rings is 1. The van der Waals surface area contributed by atoms with E-state index < -0.39 is 11.7 Å². The average molecular weight is 515 g/mol. The van der Waals surface area contributed by atoms with Gasteiger partial charge in [0, 0.05) is 29.4 Å². The minimum atomic E-state index is -0.652. The quantitative estimate of drug-likeness (QED) is 0.309. The lowest BCUT2D eigenvalue weighted by molar-refractivity contribution is 0.102. The van der Waals surface area contributed by atoms with E-state index in [0.29, 0.717) is 51.5 Å². The van der Waals surface area contributed by atoms with E-state index in [9.17, 15) is 4.79 Å². The molecule has 3 heterocycles. The number of nitrogens with zero attached hydrogens (tertiary/aromatic N) is 5. The van der Waals surface area contributed by atoms with Crippen molar-refractivity contribution in [2.75, 3.05) is 19.5 Å². The number of halogens is 1. The number of amides is 1. The van der Waals surface area contributed by atoms with Crippen LogP contribution in [0.15, 0.2) is 67.5 Å². The molecule has 0 aliphatic heterocycles. The molecule has 0 spiro atoms. The Morgan fingerprint density at radius 1 is 0.974 bits per heavy atom. The van der Waals surface area contributed by atoms with Crippen molar-refractivity contribution in [1.82, 2.24) is 24.7 Å². The summed E-state index contributed by atoms with van der Waals surface area (Å²) in [5.41, 5.74) is 2.54. The zero-order valence-electron chi connectivity index (χ0n) is 20.8. The smallest absolute Gasteiger partial charge is 0.259 e. The standard InChI is InChI=1S/C27H23FN6O4/c1-4-22-19(14-32-34(22)17-12-29-15-30-13-17)27(35)33-16-5-6-24(20(28)9-16)38-23-7-8-31-21-11-26(37-3)25(36-2)10-18(21)23/h5-15H,4H2,1-3H3,(H,33,35). The topological polar surface area (TPSA) is 113 Å². The monoisotopic (exact) mass is 514 g/mol. The molecule has 0 aliphatic carbocycles. The second-order valence-electron chi connectivity index (χ2n) is 8.10. The van der Waals surface area contributed by atoms with Crippen molar-refractivity contribution < 1.29 is 23.4 Å². The first-order chi connectivity index (χ1) is 18.5. The summed E-state index contributed by atoms with van der Waals surface area (Å²) in [6, 6.07) is 9.27. The van der Waals surface area contributed by atoms with Crippen molar-refractivity contribution in [2.24, 2.45) is 0 Å². The Morgan fingerprint density at radius 3 is 2.45 bits per heavy atom. The van der Waals surface area contributed by atoms with Crippen LogP contribution in [-0.2, 0) is 6.42 Å². The first-order valence-electron chi connectivity index (χ1n) is 11.6. The Balaban J connectivity index is 1.38.